The number of hydrogen-bond donors (Lipinski definition) is 2. The number of nitriles is 1. The molecule has 1 aromatic rings. The molecule has 4 amide bonds. The number of hydrogen-bond acceptors (Lipinski definition) is 4. The van der Waals surface area contributed by atoms with E-state index in [4.69, 9.17) is 16.9 Å². The zero-order valence-corrected chi connectivity index (χ0v) is 13.9. The maximum absolute atomic E-state index is 12.8. The van der Waals surface area contributed by atoms with Crippen molar-refractivity contribution in [1.82, 2.24) is 15.5 Å². The lowest BCUT2D eigenvalue weighted by Crippen LogP contribution is -2.44. The fourth-order valence-corrected chi connectivity index (χ4v) is 2.73. The second-order valence-corrected chi connectivity index (χ2v) is 5.78. The summed E-state index contributed by atoms with van der Waals surface area (Å²) in [6.45, 7) is 1.57. The van der Waals surface area contributed by atoms with Crippen LogP contribution in [0.25, 0.3) is 0 Å². The Labute approximate surface area is 144 Å². The molecule has 1 aliphatic rings. The molecular weight excluding hydrogens is 332 g/mol. The van der Waals surface area contributed by atoms with Crippen LogP contribution in [-0.4, -0.2) is 35.8 Å². The van der Waals surface area contributed by atoms with Gasteiger partial charge in [-0.05, 0) is 24.1 Å². The smallest absolute Gasteiger partial charge is 0.325 e. The second-order valence-electron chi connectivity index (χ2n) is 5.35. The highest BCUT2D eigenvalue weighted by molar-refractivity contribution is 6.30. The second kappa shape index (κ2) is 7.32. The van der Waals surface area contributed by atoms with Gasteiger partial charge in [0.1, 0.15) is 12.1 Å². The van der Waals surface area contributed by atoms with Crippen molar-refractivity contribution >= 4 is 29.4 Å². The number of rotatable bonds is 6. The van der Waals surface area contributed by atoms with E-state index in [1.807, 2.05) is 6.07 Å². The normalized spacial score (nSPS) is 19.8. The Hall–Kier alpha value is -2.59. The maximum Gasteiger partial charge on any atom is 0.325 e. The summed E-state index contributed by atoms with van der Waals surface area (Å²) in [4.78, 5) is 37.7. The van der Waals surface area contributed by atoms with Crippen LogP contribution in [0.4, 0.5) is 4.79 Å². The maximum atomic E-state index is 12.8. The van der Waals surface area contributed by atoms with Gasteiger partial charge in [0, 0.05) is 11.6 Å². The van der Waals surface area contributed by atoms with Gasteiger partial charge in [-0.1, -0.05) is 30.7 Å². The van der Waals surface area contributed by atoms with Crippen LogP contribution in [0.2, 0.25) is 5.02 Å². The van der Waals surface area contributed by atoms with Gasteiger partial charge in [-0.3, -0.25) is 14.5 Å². The molecule has 0 aliphatic carbocycles. The Kier molecular flexibility index (Phi) is 5.42. The van der Waals surface area contributed by atoms with E-state index in [-0.39, 0.29) is 19.5 Å². The Morgan fingerprint density at radius 2 is 2.04 bits per heavy atom. The molecule has 0 spiro atoms. The van der Waals surface area contributed by atoms with Crippen molar-refractivity contribution in [1.29, 1.82) is 5.26 Å². The fourth-order valence-electron chi connectivity index (χ4n) is 2.60. The average molecular weight is 349 g/mol. The van der Waals surface area contributed by atoms with E-state index >= 15 is 0 Å². The van der Waals surface area contributed by atoms with E-state index in [0.29, 0.717) is 17.0 Å². The average Bonchev–Trinajstić information content (AvgIpc) is 2.81. The van der Waals surface area contributed by atoms with Gasteiger partial charge in [0.25, 0.3) is 5.91 Å². The van der Waals surface area contributed by atoms with Crippen molar-refractivity contribution in [2.24, 2.45) is 0 Å². The first-order chi connectivity index (χ1) is 11.4. The molecule has 0 saturated carbocycles. The van der Waals surface area contributed by atoms with Crippen LogP contribution >= 0.6 is 11.6 Å². The summed E-state index contributed by atoms with van der Waals surface area (Å²) in [5.41, 5.74) is -0.589. The first kappa shape index (κ1) is 17.8. The van der Waals surface area contributed by atoms with Crippen molar-refractivity contribution in [3.8, 4) is 6.07 Å². The minimum Gasteiger partial charge on any atom is -0.354 e. The van der Waals surface area contributed by atoms with Crippen LogP contribution in [0.5, 0.6) is 0 Å². The lowest BCUT2D eigenvalue weighted by molar-refractivity contribution is -0.135. The molecule has 0 bridgehead atoms. The minimum atomic E-state index is -1.20. The summed E-state index contributed by atoms with van der Waals surface area (Å²) in [5, 5.41) is 14.2. The number of nitrogens with zero attached hydrogens (tertiary/aromatic N) is 2. The van der Waals surface area contributed by atoms with Crippen molar-refractivity contribution < 1.29 is 14.4 Å². The quantitative estimate of drug-likeness (QED) is 0.601. The largest absolute Gasteiger partial charge is 0.354 e. The Morgan fingerprint density at radius 3 is 2.62 bits per heavy atom. The van der Waals surface area contributed by atoms with E-state index < -0.39 is 23.4 Å². The first-order valence-corrected chi connectivity index (χ1v) is 7.86. The summed E-state index contributed by atoms with van der Waals surface area (Å²) >= 11 is 5.87. The van der Waals surface area contributed by atoms with E-state index in [2.05, 4.69) is 10.6 Å². The van der Waals surface area contributed by atoms with Crippen LogP contribution in [0.1, 0.15) is 25.3 Å². The molecule has 1 saturated heterocycles. The third-order valence-electron chi connectivity index (χ3n) is 3.90. The number of amides is 4. The molecular formula is C16H17ClN4O3. The number of urea groups is 1. The highest BCUT2D eigenvalue weighted by Crippen LogP contribution is 2.32. The minimum absolute atomic E-state index is 0.162. The standard InChI is InChI=1S/C16H17ClN4O3/c1-2-16(11-4-6-12(17)7-5-11)14(23)21(15(24)20-16)10-13(22)19-9-3-8-18/h4-7H,2-3,9-10H2,1H3,(H,19,22)(H,20,24)/t16-/m1/s1. The number of benzene rings is 1. The molecule has 2 rings (SSSR count). The topological polar surface area (TPSA) is 102 Å². The summed E-state index contributed by atoms with van der Waals surface area (Å²) < 4.78 is 0. The number of carbonyl (C=O) groups is 3. The number of nitrogens with one attached hydrogen (secondary N) is 2. The van der Waals surface area contributed by atoms with Gasteiger partial charge in [-0.25, -0.2) is 4.79 Å². The van der Waals surface area contributed by atoms with Gasteiger partial charge in [0.15, 0.2) is 0 Å². The summed E-state index contributed by atoms with van der Waals surface area (Å²) in [6, 6.07) is 7.93. The van der Waals surface area contributed by atoms with E-state index in [1.54, 1.807) is 31.2 Å². The van der Waals surface area contributed by atoms with Crippen molar-refractivity contribution in [2.45, 2.75) is 25.3 Å². The predicted octanol–water partition coefficient (Wildman–Crippen LogP) is 1.53. The van der Waals surface area contributed by atoms with Crippen LogP contribution in [0.3, 0.4) is 0 Å². The molecule has 24 heavy (non-hydrogen) atoms. The van der Waals surface area contributed by atoms with Gasteiger partial charge >= 0.3 is 6.03 Å². The summed E-state index contributed by atoms with van der Waals surface area (Å²) in [5.74, 6) is -0.968. The van der Waals surface area contributed by atoms with Gasteiger partial charge in [-0.2, -0.15) is 5.26 Å². The Morgan fingerprint density at radius 1 is 1.38 bits per heavy atom. The van der Waals surface area contributed by atoms with E-state index in [9.17, 15) is 14.4 Å². The van der Waals surface area contributed by atoms with Gasteiger partial charge in [0.2, 0.25) is 5.91 Å². The highest BCUT2D eigenvalue weighted by Gasteiger charge is 2.51. The van der Waals surface area contributed by atoms with E-state index in [1.165, 1.54) is 0 Å². The molecule has 1 fully saturated rings. The number of halogens is 1. The van der Waals surface area contributed by atoms with Crippen molar-refractivity contribution in [3.63, 3.8) is 0 Å². The third-order valence-corrected chi connectivity index (χ3v) is 4.16. The molecule has 8 heteroatoms. The SMILES string of the molecule is CC[C@]1(c2ccc(Cl)cc2)NC(=O)N(CC(=O)NCCC#N)C1=O. The summed E-state index contributed by atoms with van der Waals surface area (Å²) in [7, 11) is 0. The van der Waals surface area contributed by atoms with Crippen LogP contribution in [-0.2, 0) is 15.1 Å². The van der Waals surface area contributed by atoms with Crippen LogP contribution in [0.15, 0.2) is 24.3 Å². The molecule has 1 atom stereocenters. The fraction of sp³-hybridized carbons (Fsp3) is 0.375. The third kappa shape index (κ3) is 3.34. The summed E-state index contributed by atoms with van der Waals surface area (Å²) in [6.07, 6.45) is 0.501. The molecule has 1 aromatic carbocycles. The van der Waals surface area contributed by atoms with Crippen LogP contribution < -0.4 is 10.6 Å². The van der Waals surface area contributed by atoms with Crippen molar-refractivity contribution in [2.75, 3.05) is 13.1 Å². The zero-order valence-electron chi connectivity index (χ0n) is 13.1. The lowest BCUT2D eigenvalue weighted by Gasteiger charge is -2.25. The van der Waals surface area contributed by atoms with Gasteiger partial charge in [0.05, 0.1) is 12.5 Å². The molecule has 0 aromatic heterocycles. The molecule has 0 unspecified atom stereocenters. The number of imide groups is 1. The lowest BCUT2D eigenvalue weighted by atomic mass is 9.87. The van der Waals surface area contributed by atoms with E-state index in [0.717, 1.165) is 4.90 Å². The van der Waals surface area contributed by atoms with Gasteiger partial charge < -0.3 is 10.6 Å². The zero-order chi connectivity index (χ0) is 17.7. The molecule has 1 aliphatic heterocycles. The monoisotopic (exact) mass is 348 g/mol. The molecule has 2 N–H and O–H groups in total. The van der Waals surface area contributed by atoms with Gasteiger partial charge in [-0.15, -0.1) is 0 Å². The first-order valence-electron chi connectivity index (χ1n) is 7.48. The van der Waals surface area contributed by atoms with Crippen LogP contribution in [0, 0.1) is 11.3 Å². The van der Waals surface area contributed by atoms with Crippen molar-refractivity contribution in [3.05, 3.63) is 34.9 Å². The molecule has 7 nitrogen and oxygen atoms in total. The molecule has 0 radical (unpaired) electrons. The highest BCUT2D eigenvalue weighted by atomic mass is 35.5. The Balaban J connectivity index is 2.18. The number of carbonyl (C=O) groups excluding carboxylic acids is 3. The predicted molar refractivity (Wildman–Crippen MR) is 86.9 cm³/mol. The Bertz CT molecular complexity index is 698. The molecule has 1 heterocycles. The molecule has 126 valence electrons.